The van der Waals surface area contributed by atoms with Gasteiger partial charge in [0.2, 0.25) is 11.8 Å². The highest BCUT2D eigenvalue weighted by Gasteiger charge is 2.21. The minimum Gasteiger partial charge on any atom is -0.383 e. The molecule has 8 heteroatoms. The molecule has 0 spiro atoms. The Kier molecular flexibility index (Phi) is 6.52. The molecule has 1 aromatic heterocycles. The molecule has 0 aromatic carbocycles. The fourth-order valence-corrected chi connectivity index (χ4v) is 2.69. The van der Waals surface area contributed by atoms with Gasteiger partial charge in [-0.15, -0.1) is 10.2 Å². The van der Waals surface area contributed by atoms with Crippen molar-refractivity contribution in [3.63, 3.8) is 0 Å². The molecule has 1 aliphatic rings. The summed E-state index contributed by atoms with van der Waals surface area (Å²) >= 11 is 0. The van der Waals surface area contributed by atoms with Crippen molar-refractivity contribution in [3.05, 3.63) is 12.2 Å². The Hall–Kier alpha value is -1.96. The Morgan fingerprint density at radius 3 is 3.04 bits per heavy atom. The second kappa shape index (κ2) is 8.61. The Labute approximate surface area is 136 Å². The number of ether oxygens (including phenoxy) is 1. The third-order valence-corrected chi connectivity index (χ3v) is 3.95. The zero-order chi connectivity index (χ0) is 16.7. The molecule has 0 aliphatic carbocycles. The van der Waals surface area contributed by atoms with Crippen LogP contribution >= 0.6 is 0 Å². The maximum absolute atomic E-state index is 12.2. The molecule has 2 heterocycles. The van der Waals surface area contributed by atoms with Crippen molar-refractivity contribution in [2.75, 3.05) is 26.8 Å². The summed E-state index contributed by atoms with van der Waals surface area (Å²) in [6.45, 7) is 3.80. The average Bonchev–Trinajstić information content (AvgIpc) is 2.90. The molecule has 1 aliphatic heterocycles. The number of nitrogens with zero attached hydrogens (tertiary/aromatic N) is 4. The predicted octanol–water partition coefficient (Wildman–Crippen LogP) is 0.504. The van der Waals surface area contributed by atoms with Gasteiger partial charge in [-0.1, -0.05) is 6.42 Å². The molecule has 1 fully saturated rings. The third kappa shape index (κ3) is 5.02. The van der Waals surface area contributed by atoms with Crippen LogP contribution in [-0.2, 0) is 20.9 Å². The zero-order valence-electron chi connectivity index (χ0n) is 13.8. The quantitative estimate of drug-likeness (QED) is 0.789. The van der Waals surface area contributed by atoms with E-state index in [0.29, 0.717) is 31.9 Å². The number of aromatic nitrogens is 3. The molecule has 2 amide bonds. The molecule has 1 saturated heterocycles. The molecule has 0 radical (unpaired) electrons. The summed E-state index contributed by atoms with van der Waals surface area (Å²) in [6, 6.07) is -0.274. The summed E-state index contributed by atoms with van der Waals surface area (Å²) in [6.07, 6.45) is 5.07. The number of likely N-dealkylation sites (tertiary alicyclic amines) is 1. The largest absolute Gasteiger partial charge is 0.383 e. The molecule has 8 nitrogen and oxygen atoms in total. The van der Waals surface area contributed by atoms with Gasteiger partial charge in [-0.3, -0.25) is 9.59 Å². The smallest absolute Gasteiger partial charge is 0.240 e. The normalized spacial score (nSPS) is 17.0. The summed E-state index contributed by atoms with van der Waals surface area (Å²) < 4.78 is 6.90. The van der Waals surface area contributed by atoms with Crippen LogP contribution in [0.5, 0.6) is 0 Å². The van der Waals surface area contributed by atoms with Crippen molar-refractivity contribution < 1.29 is 14.3 Å². The van der Waals surface area contributed by atoms with Crippen LogP contribution < -0.4 is 5.32 Å². The molecule has 0 unspecified atom stereocenters. The van der Waals surface area contributed by atoms with Crippen LogP contribution in [0.3, 0.4) is 0 Å². The number of nitrogens with one attached hydrogen (secondary N) is 1. The summed E-state index contributed by atoms with van der Waals surface area (Å²) in [5, 5.41) is 10.8. The first-order chi connectivity index (χ1) is 11.1. The number of methoxy groups -OCH3 is 1. The highest BCUT2D eigenvalue weighted by molar-refractivity contribution is 5.85. The lowest BCUT2D eigenvalue weighted by atomic mass is 10.2. The lowest BCUT2D eigenvalue weighted by Gasteiger charge is -2.21. The lowest BCUT2D eigenvalue weighted by Crippen LogP contribution is -2.41. The van der Waals surface area contributed by atoms with Gasteiger partial charge in [0.15, 0.2) is 5.82 Å². The first-order valence-electron chi connectivity index (χ1n) is 8.05. The van der Waals surface area contributed by atoms with Gasteiger partial charge in [0, 0.05) is 26.6 Å². The molecule has 1 aromatic rings. The van der Waals surface area contributed by atoms with Gasteiger partial charge in [-0.2, -0.15) is 0 Å². The van der Waals surface area contributed by atoms with Crippen molar-refractivity contribution >= 4 is 11.8 Å². The molecular weight excluding hydrogens is 298 g/mol. The van der Waals surface area contributed by atoms with Crippen LogP contribution in [0.25, 0.3) is 0 Å². The second-order valence-electron chi connectivity index (χ2n) is 5.79. The maximum atomic E-state index is 12.2. The van der Waals surface area contributed by atoms with Crippen molar-refractivity contribution in [2.45, 2.75) is 45.2 Å². The minimum atomic E-state index is -0.274. The van der Waals surface area contributed by atoms with E-state index in [1.807, 2.05) is 11.5 Å². The highest BCUT2D eigenvalue weighted by Crippen LogP contribution is 2.12. The van der Waals surface area contributed by atoms with Gasteiger partial charge in [0.1, 0.15) is 6.33 Å². The van der Waals surface area contributed by atoms with Crippen molar-refractivity contribution in [2.24, 2.45) is 0 Å². The van der Waals surface area contributed by atoms with Gasteiger partial charge in [-0.25, -0.2) is 0 Å². The fraction of sp³-hybridized carbons (Fsp3) is 0.733. The summed E-state index contributed by atoms with van der Waals surface area (Å²) in [5.74, 6) is 0.570. The van der Waals surface area contributed by atoms with E-state index in [-0.39, 0.29) is 24.4 Å². The van der Waals surface area contributed by atoms with Crippen LogP contribution in [0.4, 0.5) is 0 Å². The van der Waals surface area contributed by atoms with E-state index in [2.05, 4.69) is 15.5 Å². The van der Waals surface area contributed by atoms with Crippen LogP contribution in [-0.4, -0.2) is 58.3 Å². The zero-order valence-corrected chi connectivity index (χ0v) is 13.8. The average molecular weight is 323 g/mol. The number of amides is 2. The number of hydrogen-bond donors (Lipinski definition) is 1. The Morgan fingerprint density at radius 2 is 2.26 bits per heavy atom. The Balaban J connectivity index is 1.89. The van der Waals surface area contributed by atoms with E-state index in [9.17, 15) is 9.59 Å². The van der Waals surface area contributed by atoms with E-state index >= 15 is 0 Å². The molecule has 1 atom stereocenters. The van der Waals surface area contributed by atoms with Gasteiger partial charge in [-0.05, 0) is 19.8 Å². The monoisotopic (exact) mass is 323 g/mol. The standard InChI is InChI=1S/C15H25N5O3/c1-12(15-18-16-11-20(15)8-9-23-2)17-13(21)10-19-7-5-3-4-6-14(19)22/h11-12H,3-10H2,1-2H3,(H,17,21)/t12-/m1/s1. The maximum Gasteiger partial charge on any atom is 0.240 e. The van der Waals surface area contributed by atoms with Gasteiger partial charge in [0.25, 0.3) is 0 Å². The number of hydrogen-bond acceptors (Lipinski definition) is 5. The van der Waals surface area contributed by atoms with Gasteiger partial charge >= 0.3 is 0 Å². The van der Waals surface area contributed by atoms with Gasteiger partial charge < -0.3 is 19.5 Å². The molecule has 23 heavy (non-hydrogen) atoms. The van der Waals surface area contributed by atoms with E-state index in [0.717, 1.165) is 19.3 Å². The van der Waals surface area contributed by atoms with E-state index < -0.39 is 0 Å². The molecular formula is C15H25N5O3. The van der Waals surface area contributed by atoms with Crippen LogP contribution in [0, 0.1) is 0 Å². The molecule has 2 rings (SSSR count). The second-order valence-corrected chi connectivity index (χ2v) is 5.79. The predicted molar refractivity (Wildman–Crippen MR) is 83.5 cm³/mol. The van der Waals surface area contributed by atoms with Crippen LogP contribution in [0.2, 0.25) is 0 Å². The van der Waals surface area contributed by atoms with Crippen molar-refractivity contribution in [3.8, 4) is 0 Å². The molecule has 1 N–H and O–H groups in total. The number of rotatable bonds is 7. The highest BCUT2D eigenvalue weighted by atomic mass is 16.5. The van der Waals surface area contributed by atoms with Crippen molar-refractivity contribution in [1.29, 1.82) is 0 Å². The Morgan fingerprint density at radius 1 is 1.43 bits per heavy atom. The fourth-order valence-electron chi connectivity index (χ4n) is 2.69. The van der Waals surface area contributed by atoms with Crippen molar-refractivity contribution in [1.82, 2.24) is 25.0 Å². The first-order valence-corrected chi connectivity index (χ1v) is 8.05. The summed E-state index contributed by atoms with van der Waals surface area (Å²) in [7, 11) is 1.63. The van der Waals surface area contributed by atoms with Gasteiger partial charge in [0.05, 0.1) is 19.2 Å². The minimum absolute atomic E-state index is 0.0635. The SMILES string of the molecule is COCCn1cnnc1[C@@H](C)NC(=O)CN1CCCCCC1=O. The summed E-state index contributed by atoms with van der Waals surface area (Å²) in [4.78, 5) is 25.8. The Bertz CT molecular complexity index is 531. The molecule has 128 valence electrons. The molecule has 0 bridgehead atoms. The summed E-state index contributed by atoms with van der Waals surface area (Å²) in [5.41, 5.74) is 0. The number of carbonyl (C=O) groups is 2. The van der Waals surface area contributed by atoms with E-state index in [1.54, 1.807) is 18.3 Å². The van der Waals surface area contributed by atoms with Crippen LogP contribution in [0.1, 0.15) is 44.5 Å². The third-order valence-electron chi connectivity index (χ3n) is 3.95. The van der Waals surface area contributed by atoms with Crippen LogP contribution in [0.15, 0.2) is 6.33 Å². The number of carbonyl (C=O) groups excluding carboxylic acids is 2. The van der Waals surface area contributed by atoms with E-state index in [1.165, 1.54) is 0 Å². The first kappa shape index (κ1) is 17.4. The lowest BCUT2D eigenvalue weighted by molar-refractivity contribution is -0.135. The topological polar surface area (TPSA) is 89.3 Å². The molecule has 0 saturated carbocycles. The van der Waals surface area contributed by atoms with E-state index in [4.69, 9.17) is 4.74 Å².